The summed E-state index contributed by atoms with van der Waals surface area (Å²) in [5, 5.41) is 9.22. The van der Waals surface area contributed by atoms with Gasteiger partial charge in [0.25, 0.3) is 0 Å². The van der Waals surface area contributed by atoms with E-state index in [1.807, 2.05) is 36.1 Å². The largest absolute Gasteiger partial charge is 0.481 e. The second kappa shape index (κ2) is 8.06. The Kier molecular flexibility index (Phi) is 5.99. The van der Waals surface area contributed by atoms with Gasteiger partial charge in [-0.2, -0.15) is 0 Å². The number of carboxylic acids is 1. The van der Waals surface area contributed by atoms with Gasteiger partial charge in [0.2, 0.25) is 0 Å². The van der Waals surface area contributed by atoms with Crippen LogP contribution in [0.5, 0.6) is 0 Å². The Bertz CT molecular complexity index is 861. The number of hydrogen-bond acceptors (Lipinski definition) is 3. The highest BCUT2D eigenvalue weighted by molar-refractivity contribution is 9.10. The molecule has 3 nitrogen and oxygen atoms in total. The number of carboxylic acid groups (broad SMARTS) is 1. The zero-order valence-corrected chi connectivity index (χ0v) is 17.2. The highest BCUT2D eigenvalue weighted by atomic mass is 79.9. The van der Waals surface area contributed by atoms with Gasteiger partial charge in [-0.25, -0.2) is 4.39 Å². The molecular weight excluding hydrogens is 437 g/mol. The topological polar surface area (TPSA) is 40.5 Å². The number of halogens is 2. The summed E-state index contributed by atoms with van der Waals surface area (Å²) in [6, 6.07) is 12.6. The van der Waals surface area contributed by atoms with Crippen molar-refractivity contribution in [3.8, 4) is 0 Å². The minimum absolute atomic E-state index is 0.266. The van der Waals surface area contributed by atoms with Gasteiger partial charge in [-0.3, -0.25) is 4.79 Å². The van der Waals surface area contributed by atoms with Crippen molar-refractivity contribution in [2.75, 3.05) is 4.90 Å². The minimum Gasteiger partial charge on any atom is -0.481 e. The van der Waals surface area contributed by atoms with Gasteiger partial charge in [0.1, 0.15) is 5.82 Å². The van der Waals surface area contributed by atoms with Gasteiger partial charge in [0.05, 0.1) is 28.4 Å². The molecule has 0 aliphatic carbocycles. The second-order valence-corrected chi connectivity index (χ2v) is 8.54. The van der Waals surface area contributed by atoms with Crippen molar-refractivity contribution in [2.45, 2.75) is 30.0 Å². The van der Waals surface area contributed by atoms with Crippen molar-refractivity contribution in [3.63, 3.8) is 0 Å². The van der Waals surface area contributed by atoms with Crippen molar-refractivity contribution >= 4 is 56.6 Å². The lowest BCUT2D eigenvalue weighted by Gasteiger charge is -2.38. The van der Waals surface area contributed by atoms with Crippen LogP contribution in [0.3, 0.4) is 0 Å². The lowest BCUT2D eigenvalue weighted by atomic mass is 10.0. The van der Waals surface area contributed by atoms with Crippen LogP contribution < -0.4 is 4.90 Å². The van der Waals surface area contributed by atoms with Crippen molar-refractivity contribution in [1.29, 1.82) is 0 Å². The van der Waals surface area contributed by atoms with Crippen molar-refractivity contribution in [1.82, 2.24) is 0 Å². The van der Waals surface area contributed by atoms with E-state index in [4.69, 9.17) is 12.2 Å². The standard InChI is InChI=1S/C19H17BrFNO2S2/c1-2-13(19(23)24)17-18(25)22(15-5-3-4-6-16(15)26-17)10-11-7-8-12(20)9-14(11)21/h3-9,13,17H,2,10H2,1H3,(H,23,24). The molecule has 0 saturated carbocycles. The Hall–Kier alpha value is -1.44. The Labute approximate surface area is 169 Å². The van der Waals surface area contributed by atoms with Gasteiger partial charge >= 0.3 is 5.97 Å². The lowest BCUT2D eigenvalue weighted by molar-refractivity contribution is -0.141. The molecule has 0 aromatic heterocycles. The molecule has 2 aromatic carbocycles. The number of benzene rings is 2. The first-order valence-electron chi connectivity index (χ1n) is 8.16. The smallest absolute Gasteiger partial charge is 0.308 e. The third-order valence-corrected chi connectivity index (χ3v) is 6.91. The number of aliphatic carboxylic acids is 1. The first kappa shape index (κ1) is 19.3. The third kappa shape index (κ3) is 3.80. The summed E-state index contributed by atoms with van der Waals surface area (Å²) >= 11 is 10.4. The van der Waals surface area contributed by atoms with E-state index in [2.05, 4.69) is 15.9 Å². The summed E-state index contributed by atoms with van der Waals surface area (Å²) in [4.78, 5) is 15.0. The van der Waals surface area contributed by atoms with Gasteiger partial charge in [0.15, 0.2) is 0 Å². The maximum atomic E-state index is 14.4. The minimum atomic E-state index is -0.860. The summed E-state index contributed by atoms with van der Waals surface area (Å²) < 4.78 is 15.0. The maximum Gasteiger partial charge on any atom is 0.308 e. The van der Waals surface area contributed by atoms with Crippen LogP contribution in [0.1, 0.15) is 18.9 Å². The zero-order valence-electron chi connectivity index (χ0n) is 14.0. The van der Waals surface area contributed by atoms with Crippen LogP contribution in [0.15, 0.2) is 51.8 Å². The first-order valence-corrected chi connectivity index (χ1v) is 10.2. The van der Waals surface area contributed by atoms with Gasteiger partial charge < -0.3 is 10.0 Å². The predicted molar refractivity (Wildman–Crippen MR) is 110 cm³/mol. The molecule has 0 saturated heterocycles. The zero-order chi connectivity index (χ0) is 18.8. The molecule has 2 aromatic rings. The molecule has 0 spiro atoms. The van der Waals surface area contributed by atoms with E-state index in [0.29, 0.717) is 21.4 Å². The van der Waals surface area contributed by atoms with Crippen LogP contribution in [-0.4, -0.2) is 21.3 Å². The van der Waals surface area contributed by atoms with E-state index in [-0.39, 0.29) is 17.6 Å². The van der Waals surface area contributed by atoms with Gasteiger partial charge in [0, 0.05) is 14.9 Å². The second-order valence-electron chi connectivity index (χ2n) is 6.02. The molecule has 1 N–H and O–H groups in total. The number of rotatable bonds is 5. The molecule has 7 heteroatoms. The summed E-state index contributed by atoms with van der Waals surface area (Å²) in [5.74, 6) is -1.76. The van der Waals surface area contributed by atoms with Crippen molar-refractivity contribution < 1.29 is 14.3 Å². The highest BCUT2D eigenvalue weighted by Gasteiger charge is 2.38. The molecule has 0 amide bonds. The fourth-order valence-corrected chi connectivity index (χ4v) is 5.23. The maximum absolute atomic E-state index is 14.4. The van der Waals surface area contributed by atoms with Gasteiger partial charge in [-0.15, -0.1) is 11.8 Å². The van der Waals surface area contributed by atoms with E-state index >= 15 is 0 Å². The molecule has 136 valence electrons. The molecule has 0 radical (unpaired) electrons. The van der Waals surface area contributed by atoms with Crippen LogP contribution >= 0.6 is 39.9 Å². The average molecular weight is 454 g/mol. The molecule has 1 aliphatic heterocycles. The number of para-hydroxylation sites is 1. The van der Waals surface area contributed by atoms with E-state index in [9.17, 15) is 14.3 Å². The van der Waals surface area contributed by atoms with Crippen LogP contribution in [0.2, 0.25) is 0 Å². The fourth-order valence-electron chi connectivity index (χ4n) is 3.00. The summed E-state index contributed by atoms with van der Waals surface area (Å²) in [6.07, 6.45) is 0.482. The summed E-state index contributed by atoms with van der Waals surface area (Å²) in [5.41, 5.74) is 1.40. The number of hydrogen-bond donors (Lipinski definition) is 1. The van der Waals surface area contributed by atoms with Crippen molar-refractivity contribution in [2.24, 2.45) is 5.92 Å². The van der Waals surface area contributed by atoms with Crippen LogP contribution in [0.4, 0.5) is 10.1 Å². The number of thiocarbonyl (C=S) groups is 1. The molecule has 2 unspecified atom stereocenters. The molecule has 1 aliphatic rings. The molecule has 1 heterocycles. The van der Waals surface area contributed by atoms with Gasteiger partial charge in [-0.05, 0) is 30.7 Å². The number of anilines is 1. The predicted octanol–water partition coefficient (Wildman–Crippen LogP) is 5.51. The quantitative estimate of drug-likeness (QED) is 0.604. The van der Waals surface area contributed by atoms with Crippen LogP contribution in [-0.2, 0) is 11.3 Å². The lowest BCUT2D eigenvalue weighted by Crippen LogP contribution is -2.44. The van der Waals surface area contributed by atoms with Crippen LogP contribution in [0.25, 0.3) is 0 Å². The normalized spacial score (nSPS) is 17.7. The van der Waals surface area contributed by atoms with Gasteiger partial charge in [-0.1, -0.05) is 53.3 Å². The highest BCUT2D eigenvalue weighted by Crippen LogP contribution is 2.43. The van der Waals surface area contributed by atoms with E-state index in [1.54, 1.807) is 12.1 Å². The Balaban J connectivity index is 2.01. The molecule has 0 bridgehead atoms. The summed E-state index contributed by atoms with van der Waals surface area (Å²) in [6.45, 7) is 2.11. The molecule has 3 rings (SSSR count). The van der Waals surface area contributed by atoms with E-state index in [0.717, 1.165) is 10.6 Å². The number of fused-ring (bicyclic) bond motifs is 1. The monoisotopic (exact) mass is 453 g/mol. The van der Waals surface area contributed by atoms with Crippen molar-refractivity contribution in [3.05, 3.63) is 58.3 Å². The number of nitrogens with zero attached hydrogens (tertiary/aromatic N) is 1. The van der Waals surface area contributed by atoms with E-state index < -0.39 is 11.9 Å². The molecule has 0 fully saturated rings. The first-order chi connectivity index (χ1) is 12.4. The Morgan fingerprint density at radius 1 is 1.38 bits per heavy atom. The fraction of sp³-hybridized carbons (Fsp3) is 0.263. The summed E-state index contributed by atoms with van der Waals surface area (Å²) in [7, 11) is 0. The third-order valence-electron chi connectivity index (χ3n) is 4.39. The van der Waals surface area contributed by atoms with Crippen LogP contribution in [0, 0.1) is 11.7 Å². The number of carbonyl (C=O) groups is 1. The molecular formula is C19H17BrFNO2S2. The molecule has 26 heavy (non-hydrogen) atoms. The number of thioether (sulfide) groups is 1. The Morgan fingerprint density at radius 3 is 2.77 bits per heavy atom. The SMILES string of the molecule is CCC(C(=O)O)C1Sc2ccccc2N(Cc2ccc(Br)cc2F)C1=S. The molecule has 2 atom stereocenters. The average Bonchev–Trinajstić information content (AvgIpc) is 2.60. The van der Waals surface area contributed by atoms with E-state index in [1.165, 1.54) is 17.8 Å². The Morgan fingerprint density at radius 2 is 2.12 bits per heavy atom.